The zero-order valence-corrected chi connectivity index (χ0v) is 20.5. The molecule has 3 aromatic rings. The Morgan fingerprint density at radius 3 is 2.56 bits per heavy atom. The van der Waals surface area contributed by atoms with Crippen LogP contribution in [0.15, 0.2) is 69.6 Å². The lowest BCUT2D eigenvalue weighted by atomic mass is 9.96. The summed E-state index contributed by atoms with van der Waals surface area (Å²) in [5.74, 6) is 0.124. The highest BCUT2D eigenvalue weighted by Crippen LogP contribution is 2.31. The van der Waals surface area contributed by atoms with Gasteiger partial charge < -0.3 is 14.2 Å². The molecule has 0 saturated heterocycles. The van der Waals surface area contributed by atoms with Crippen LogP contribution in [0, 0.1) is 0 Å². The Balaban J connectivity index is 1.89. The third-order valence-electron chi connectivity index (χ3n) is 5.39. The summed E-state index contributed by atoms with van der Waals surface area (Å²) >= 11 is 7.55. The standard InChI is InChI=1S/C25H23ClN2O5S/c1-15-21(24(30)33-13-12-31-2)22(16-8-10-18(32-3)11-9-16)28-23(29)20(34-25(28)27-15)14-17-6-4-5-7-19(17)26/h4-11,14,22H,12-13H2,1-3H3/b20-14-/t22-/m0/s1. The molecule has 0 radical (unpaired) electrons. The lowest BCUT2D eigenvalue weighted by Crippen LogP contribution is -2.40. The number of fused-ring (bicyclic) bond motifs is 1. The van der Waals surface area contributed by atoms with Crippen molar-refractivity contribution in [2.75, 3.05) is 27.4 Å². The number of esters is 1. The van der Waals surface area contributed by atoms with E-state index in [4.69, 9.17) is 25.8 Å². The van der Waals surface area contributed by atoms with Gasteiger partial charge in [-0.3, -0.25) is 9.36 Å². The number of ether oxygens (including phenoxy) is 3. The van der Waals surface area contributed by atoms with Crippen molar-refractivity contribution < 1.29 is 19.0 Å². The first-order valence-electron chi connectivity index (χ1n) is 10.5. The van der Waals surface area contributed by atoms with Crippen LogP contribution in [0.1, 0.15) is 24.1 Å². The van der Waals surface area contributed by atoms with E-state index in [9.17, 15) is 9.59 Å². The van der Waals surface area contributed by atoms with Crippen molar-refractivity contribution in [1.82, 2.24) is 4.57 Å². The monoisotopic (exact) mass is 498 g/mol. The first-order valence-corrected chi connectivity index (χ1v) is 11.7. The second kappa shape index (κ2) is 10.4. The fourth-order valence-electron chi connectivity index (χ4n) is 3.71. The average Bonchev–Trinajstić information content (AvgIpc) is 3.14. The number of rotatable bonds is 7. The molecule has 0 fully saturated rings. The smallest absolute Gasteiger partial charge is 0.338 e. The molecule has 1 aliphatic rings. The third kappa shape index (κ3) is 4.70. The first kappa shape index (κ1) is 23.9. The number of thiazole rings is 1. The molecule has 0 amide bonds. The normalized spacial score (nSPS) is 15.6. The zero-order chi connectivity index (χ0) is 24.2. The van der Waals surface area contributed by atoms with Gasteiger partial charge in [0.15, 0.2) is 4.80 Å². The van der Waals surface area contributed by atoms with Crippen molar-refractivity contribution in [3.63, 3.8) is 0 Å². The molecule has 0 saturated carbocycles. The maximum Gasteiger partial charge on any atom is 0.338 e. The summed E-state index contributed by atoms with van der Waals surface area (Å²) in [6, 6.07) is 13.8. The fourth-order valence-corrected chi connectivity index (χ4v) is 4.94. The minimum atomic E-state index is -0.703. The molecule has 1 aliphatic heterocycles. The lowest BCUT2D eigenvalue weighted by molar-refractivity contribution is -0.140. The molecular formula is C25H23ClN2O5S. The topological polar surface area (TPSA) is 79.1 Å². The van der Waals surface area contributed by atoms with Crippen LogP contribution in [-0.2, 0) is 14.3 Å². The largest absolute Gasteiger partial charge is 0.497 e. The van der Waals surface area contributed by atoms with Crippen molar-refractivity contribution in [2.24, 2.45) is 4.99 Å². The SMILES string of the molecule is COCCOC(=O)C1=C(C)N=c2s/c(=C\c3ccccc3Cl)c(=O)n2[C@H]1c1ccc(OC)cc1. The summed E-state index contributed by atoms with van der Waals surface area (Å²) in [5, 5.41) is 0.540. The van der Waals surface area contributed by atoms with Gasteiger partial charge in [0.2, 0.25) is 0 Å². The second-order valence-electron chi connectivity index (χ2n) is 7.51. The lowest BCUT2D eigenvalue weighted by Gasteiger charge is -2.25. The molecule has 176 valence electrons. The maximum atomic E-state index is 13.6. The summed E-state index contributed by atoms with van der Waals surface area (Å²) in [7, 11) is 3.11. The number of methoxy groups -OCH3 is 2. The van der Waals surface area contributed by atoms with E-state index in [1.807, 2.05) is 30.3 Å². The molecule has 2 aromatic carbocycles. The number of carbonyl (C=O) groups is 1. The molecule has 34 heavy (non-hydrogen) atoms. The van der Waals surface area contributed by atoms with Crippen LogP contribution in [0.5, 0.6) is 5.75 Å². The quantitative estimate of drug-likeness (QED) is 0.369. The minimum Gasteiger partial charge on any atom is -0.497 e. The predicted octanol–water partition coefficient (Wildman–Crippen LogP) is 3.09. The van der Waals surface area contributed by atoms with Gasteiger partial charge in [-0.25, -0.2) is 9.79 Å². The van der Waals surface area contributed by atoms with Crippen LogP contribution in [0.2, 0.25) is 5.02 Å². The molecule has 2 heterocycles. The van der Waals surface area contributed by atoms with Crippen molar-refractivity contribution >= 4 is 35.0 Å². The van der Waals surface area contributed by atoms with Crippen LogP contribution in [0.25, 0.3) is 6.08 Å². The highest BCUT2D eigenvalue weighted by molar-refractivity contribution is 7.07. The van der Waals surface area contributed by atoms with Crippen molar-refractivity contribution in [3.05, 3.63) is 95.6 Å². The molecule has 7 nitrogen and oxygen atoms in total. The van der Waals surface area contributed by atoms with E-state index in [1.54, 1.807) is 38.3 Å². The first-order chi connectivity index (χ1) is 16.4. The molecule has 0 spiro atoms. The Labute approximate surface area is 205 Å². The van der Waals surface area contributed by atoms with E-state index >= 15 is 0 Å². The van der Waals surface area contributed by atoms with E-state index in [2.05, 4.69) is 4.99 Å². The molecule has 9 heteroatoms. The fraction of sp³-hybridized carbons (Fsp3) is 0.240. The summed E-state index contributed by atoms with van der Waals surface area (Å²) in [6.07, 6.45) is 1.74. The van der Waals surface area contributed by atoms with Gasteiger partial charge in [-0.2, -0.15) is 0 Å². The molecule has 1 atom stereocenters. The Bertz CT molecular complexity index is 1420. The Hall–Kier alpha value is -3.20. The summed E-state index contributed by atoms with van der Waals surface area (Å²) in [4.78, 5) is 31.8. The number of halogens is 1. The van der Waals surface area contributed by atoms with Gasteiger partial charge in [0.25, 0.3) is 5.56 Å². The number of carbonyl (C=O) groups excluding carboxylic acids is 1. The average molecular weight is 499 g/mol. The Kier molecular flexibility index (Phi) is 7.31. The van der Waals surface area contributed by atoms with Gasteiger partial charge in [0.05, 0.1) is 35.6 Å². The number of nitrogens with zero attached hydrogens (tertiary/aromatic N) is 2. The van der Waals surface area contributed by atoms with Crippen LogP contribution >= 0.6 is 22.9 Å². The molecule has 0 N–H and O–H groups in total. The molecule has 0 aliphatic carbocycles. The van der Waals surface area contributed by atoms with Gasteiger partial charge in [-0.1, -0.05) is 53.3 Å². The van der Waals surface area contributed by atoms with E-state index in [-0.39, 0.29) is 18.8 Å². The number of aromatic nitrogens is 1. The van der Waals surface area contributed by atoms with Gasteiger partial charge in [0, 0.05) is 12.1 Å². The maximum absolute atomic E-state index is 13.6. The third-order valence-corrected chi connectivity index (χ3v) is 6.71. The molecule has 0 bridgehead atoms. The predicted molar refractivity (Wildman–Crippen MR) is 131 cm³/mol. The zero-order valence-electron chi connectivity index (χ0n) is 18.9. The summed E-state index contributed by atoms with van der Waals surface area (Å²) in [6.45, 7) is 2.11. The van der Waals surface area contributed by atoms with Gasteiger partial charge in [-0.05, 0) is 42.3 Å². The minimum absolute atomic E-state index is 0.0956. The van der Waals surface area contributed by atoms with Crippen LogP contribution in [0.4, 0.5) is 0 Å². The van der Waals surface area contributed by atoms with Crippen molar-refractivity contribution in [2.45, 2.75) is 13.0 Å². The van der Waals surface area contributed by atoms with Crippen molar-refractivity contribution in [3.8, 4) is 5.75 Å². The second-order valence-corrected chi connectivity index (χ2v) is 8.92. The highest BCUT2D eigenvalue weighted by Gasteiger charge is 2.33. The van der Waals surface area contributed by atoms with E-state index in [1.165, 1.54) is 23.0 Å². The number of hydrogen-bond acceptors (Lipinski definition) is 7. The molecule has 0 unspecified atom stereocenters. The van der Waals surface area contributed by atoms with E-state index in [0.29, 0.717) is 31.4 Å². The Morgan fingerprint density at radius 2 is 1.88 bits per heavy atom. The Morgan fingerprint density at radius 1 is 1.15 bits per heavy atom. The van der Waals surface area contributed by atoms with E-state index < -0.39 is 12.0 Å². The molecular weight excluding hydrogens is 476 g/mol. The van der Waals surface area contributed by atoms with Crippen LogP contribution in [0.3, 0.4) is 0 Å². The number of hydrogen-bond donors (Lipinski definition) is 0. The van der Waals surface area contributed by atoms with E-state index in [0.717, 1.165) is 11.1 Å². The highest BCUT2D eigenvalue weighted by atomic mass is 35.5. The molecule has 4 rings (SSSR count). The van der Waals surface area contributed by atoms with Crippen molar-refractivity contribution in [1.29, 1.82) is 0 Å². The summed E-state index contributed by atoms with van der Waals surface area (Å²) in [5.41, 5.74) is 2.00. The van der Waals surface area contributed by atoms with Gasteiger partial charge in [0.1, 0.15) is 12.4 Å². The number of allylic oxidation sites excluding steroid dienone is 1. The van der Waals surface area contributed by atoms with Gasteiger partial charge >= 0.3 is 5.97 Å². The van der Waals surface area contributed by atoms with Crippen LogP contribution in [-0.4, -0.2) is 38.0 Å². The molecule has 1 aromatic heterocycles. The summed E-state index contributed by atoms with van der Waals surface area (Å²) < 4.78 is 17.7. The van der Waals surface area contributed by atoms with Gasteiger partial charge in [-0.15, -0.1) is 0 Å². The van der Waals surface area contributed by atoms with Crippen LogP contribution < -0.4 is 19.6 Å². The number of benzene rings is 2.